The molecule has 7 heteroatoms. The van der Waals surface area contributed by atoms with E-state index in [0.717, 1.165) is 5.56 Å². The summed E-state index contributed by atoms with van der Waals surface area (Å²) in [4.78, 5) is 35.9. The van der Waals surface area contributed by atoms with Crippen LogP contribution in [0.2, 0.25) is 5.02 Å². The lowest BCUT2D eigenvalue weighted by atomic mass is 9.87. The molecule has 0 aliphatic carbocycles. The zero-order chi connectivity index (χ0) is 20.2. The first kappa shape index (κ1) is 20.5. The van der Waals surface area contributed by atoms with Crippen LogP contribution in [0.25, 0.3) is 0 Å². The van der Waals surface area contributed by atoms with Crippen LogP contribution in [0.1, 0.15) is 47.1 Å². The highest BCUT2D eigenvalue weighted by molar-refractivity contribution is 6.33. The normalized spacial score (nSPS) is 11.0. The van der Waals surface area contributed by atoms with E-state index in [4.69, 9.17) is 22.1 Å². The molecule has 0 bridgehead atoms. The molecule has 0 aromatic heterocycles. The molecular formula is C20H21ClN2O4. The van der Waals surface area contributed by atoms with E-state index in [-0.39, 0.29) is 16.7 Å². The zero-order valence-corrected chi connectivity index (χ0v) is 16.1. The molecule has 0 saturated heterocycles. The number of ether oxygens (including phenoxy) is 1. The first-order chi connectivity index (χ1) is 12.6. The molecule has 0 fully saturated rings. The van der Waals surface area contributed by atoms with Crippen LogP contribution in [-0.2, 0) is 14.9 Å². The Morgan fingerprint density at radius 1 is 1.04 bits per heavy atom. The maximum absolute atomic E-state index is 12.1. The number of rotatable bonds is 4. The number of imide groups is 1. The second-order valence-electron chi connectivity index (χ2n) is 7.02. The van der Waals surface area contributed by atoms with E-state index in [1.54, 1.807) is 12.1 Å². The molecule has 3 N–H and O–H groups in total. The summed E-state index contributed by atoms with van der Waals surface area (Å²) in [6.07, 6.45) is 0. The lowest BCUT2D eigenvalue weighted by Crippen LogP contribution is -2.34. The number of anilines is 1. The van der Waals surface area contributed by atoms with E-state index < -0.39 is 24.4 Å². The molecule has 0 saturated carbocycles. The van der Waals surface area contributed by atoms with Crippen LogP contribution >= 0.6 is 11.6 Å². The number of esters is 1. The average Bonchev–Trinajstić information content (AvgIpc) is 2.61. The van der Waals surface area contributed by atoms with Gasteiger partial charge in [0, 0.05) is 5.56 Å². The SMILES string of the molecule is CC(C)(C)c1ccc(C(=O)NC(=O)COC(=O)c2ccc(Cl)c(N)c2)cc1. The summed E-state index contributed by atoms with van der Waals surface area (Å²) < 4.78 is 4.88. The van der Waals surface area contributed by atoms with Gasteiger partial charge in [0.05, 0.1) is 16.3 Å². The van der Waals surface area contributed by atoms with Crippen LogP contribution in [0.15, 0.2) is 42.5 Å². The number of carbonyl (C=O) groups is 3. The zero-order valence-electron chi connectivity index (χ0n) is 15.3. The summed E-state index contributed by atoms with van der Waals surface area (Å²) in [5.74, 6) is -2.03. The van der Waals surface area contributed by atoms with Gasteiger partial charge < -0.3 is 10.5 Å². The molecule has 142 valence electrons. The van der Waals surface area contributed by atoms with Gasteiger partial charge in [0.2, 0.25) is 0 Å². The van der Waals surface area contributed by atoms with Crippen molar-refractivity contribution in [2.75, 3.05) is 12.3 Å². The number of hydrogen-bond donors (Lipinski definition) is 2. The van der Waals surface area contributed by atoms with Crippen molar-refractivity contribution in [3.63, 3.8) is 0 Å². The quantitative estimate of drug-likeness (QED) is 0.618. The molecule has 0 spiro atoms. The fourth-order valence-electron chi connectivity index (χ4n) is 2.24. The first-order valence-electron chi connectivity index (χ1n) is 8.25. The van der Waals surface area contributed by atoms with Crippen molar-refractivity contribution in [1.82, 2.24) is 5.32 Å². The highest BCUT2D eigenvalue weighted by Gasteiger charge is 2.16. The molecule has 2 rings (SSSR count). The Morgan fingerprint density at radius 3 is 2.19 bits per heavy atom. The Labute approximate surface area is 162 Å². The lowest BCUT2D eigenvalue weighted by Gasteiger charge is -2.19. The first-order valence-corrected chi connectivity index (χ1v) is 8.62. The topological polar surface area (TPSA) is 98.5 Å². The van der Waals surface area contributed by atoms with Gasteiger partial charge in [0.15, 0.2) is 6.61 Å². The summed E-state index contributed by atoms with van der Waals surface area (Å²) in [5, 5.41) is 2.49. The van der Waals surface area contributed by atoms with Crippen molar-refractivity contribution in [2.45, 2.75) is 26.2 Å². The Hall–Kier alpha value is -2.86. The second-order valence-corrected chi connectivity index (χ2v) is 7.42. The Morgan fingerprint density at radius 2 is 1.63 bits per heavy atom. The third-order valence-corrected chi connectivity index (χ3v) is 4.18. The molecule has 2 aromatic rings. The number of nitrogens with two attached hydrogens (primary N) is 1. The van der Waals surface area contributed by atoms with Crippen molar-refractivity contribution >= 4 is 35.1 Å². The number of nitrogen functional groups attached to an aromatic ring is 1. The van der Waals surface area contributed by atoms with Gasteiger partial charge in [-0.05, 0) is 41.3 Å². The molecular weight excluding hydrogens is 368 g/mol. The molecule has 6 nitrogen and oxygen atoms in total. The molecule has 2 aromatic carbocycles. The monoisotopic (exact) mass is 388 g/mol. The maximum atomic E-state index is 12.1. The largest absolute Gasteiger partial charge is 0.452 e. The fourth-order valence-corrected chi connectivity index (χ4v) is 2.36. The maximum Gasteiger partial charge on any atom is 0.338 e. The highest BCUT2D eigenvalue weighted by Crippen LogP contribution is 2.22. The smallest absolute Gasteiger partial charge is 0.338 e. The Bertz CT molecular complexity index is 871. The van der Waals surface area contributed by atoms with Gasteiger partial charge in [-0.25, -0.2) is 4.79 Å². The lowest BCUT2D eigenvalue weighted by molar-refractivity contribution is -0.123. The van der Waals surface area contributed by atoms with Crippen LogP contribution in [0, 0.1) is 0 Å². The minimum Gasteiger partial charge on any atom is -0.452 e. The summed E-state index contributed by atoms with van der Waals surface area (Å²) in [6, 6.07) is 11.2. The molecule has 0 heterocycles. The predicted molar refractivity (Wildman–Crippen MR) is 104 cm³/mol. The molecule has 0 aliphatic heterocycles. The molecule has 27 heavy (non-hydrogen) atoms. The van der Waals surface area contributed by atoms with Crippen LogP contribution in [0.3, 0.4) is 0 Å². The third kappa shape index (κ3) is 5.56. The predicted octanol–water partition coefficient (Wildman–Crippen LogP) is 3.33. The summed E-state index contributed by atoms with van der Waals surface area (Å²) in [5.41, 5.74) is 7.38. The molecule has 0 atom stereocenters. The Balaban J connectivity index is 1.90. The van der Waals surface area contributed by atoms with Crippen LogP contribution in [0.4, 0.5) is 5.69 Å². The van der Waals surface area contributed by atoms with Crippen LogP contribution in [0.5, 0.6) is 0 Å². The number of benzene rings is 2. The van der Waals surface area contributed by atoms with E-state index in [0.29, 0.717) is 10.6 Å². The number of halogens is 1. The van der Waals surface area contributed by atoms with Gasteiger partial charge in [0.25, 0.3) is 11.8 Å². The second kappa shape index (κ2) is 8.22. The standard InChI is InChI=1S/C20H21ClN2O4/c1-20(2,3)14-7-4-12(5-8-14)18(25)23-17(24)11-27-19(26)13-6-9-15(21)16(22)10-13/h4-10H,11,22H2,1-3H3,(H,23,24,25). The molecule has 2 amide bonds. The van der Waals surface area contributed by atoms with Gasteiger partial charge in [-0.2, -0.15) is 0 Å². The third-order valence-electron chi connectivity index (χ3n) is 3.83. The molecule has 0 aliphatic rings. The van der Waals surface area contributed by atoms with Crippen molar-refractivity contribution in [3.05, 3.63) is 64.2 Å². The van der Waals surface area contributed by atoms with Crippen LogP contribution in [-0.4, -0.2) is 24.4 Å². The van der Waals surface area contributed by atoms with E-state index in [1.807, 2.05) is 12.1 Å². The fraction of sp³-hybridized carbons (Fsp3) is 0.250. The van der Waals surface area contributed by atoms with E-state index in [2.05, 4.69) is 26.1 Å². The Kier molecular flexibility index (Phi) is 6.23. The number of nitrogens with one attached hydrogen (secondary N) is 1. The van der Waals surface area contributed by atoms with Gasteiger partial charge in [0.1, 0.15) is 0 Å². The van der Waals surface area contributed by atoms with Gasteiger partial charge in [-0.1, -0.05) is 44.5 Å². The molecule has 0 unspecified atom stereocenters. The van der Waals surface area contributed by atoms with E-state index in [1.165, 1.54) is 18.2 Å². The average molecular weight is 389 g/mol. The molecule has 0 radical (unpaired) electrons. The van der Waals surface area contributed by atoms with E-state index >= 15 is 0 Å². The summed E-state index contributed by atoms with van der Waals surface area (Å²) >= 11 is 5.78. The number of hydrogen-bond acceptors (Lipinski definition) is 5. The van der Waals surface area contributed by atoms with Crippen molar-refractivity contribution in [1.29, 1.82) is 0 Å². The minimum atomic E-state index is -0.740. The van der Waals surface area contributed by atoms with Gasteiger partial charge in [-0.3, -0.25) is 14.9 Å². The minimum absolute atomic E-state index is 0.0376. The summed E-state index contributed by atoms with van der Waals surface area (Å²) in [6.45, 7) is 5.60. The summed E-state index contributed by atoms with van der Waals surface area (Å²) in [7, 11) is 0. The van der Waals surface area contributed by atoms with E-state index in [9.17, 15) is 14.4 Å². The van der Waals surface area contributed by atoms with Crippen molar-refractivity contribution < 1.29 is 19.1 Å². The number of amides is 2. The van der Waals surface area contributed by atoms with Crippen molar-refractivity contribution in [2.24, 2.45) is 0 Å². The van der Waals surface area contributed by atoms with Crippen LogP contribution < -0.4 is 11.1 Å². The highest BCUT2D eigenvalue weighted by atomic mass is 35.5. The van der Waals surface area contributed by atoms with Crippen molar-refractivity contribution in [3.8, 4) is 0 Å². The number of carbonyl (C=O) groups excluding carboxylic acids is 3. The van der Waals surface area contributed by atoms with Gasteiger partial charge >= 0.3 is 5.97 Å². The van der Waals surface area contributed by atoms with Gasteiger partial charge in [-0.15, -0.1) is 0 Å².